The van der Waals surface area contributed by atoms with Crippen LogP contribution < -0.4 is 0 Å². The predicted molar refractivity (Wildman–Crippen MR) is 64.7 cm³/mol. The van der Waals surface area contributed by atoms with Crippen molar-refractivity contribution in [2.75, 3.05) is 12.0 Å². The fourth-order valence-electron chi connectivity index (χ4n) is 1.51. The summed E-state index contributed by atoms with van der Waals surface area (Å²) in [5, 5.41) is 8.96. The summed E-state index contributed by atoms with van der Waals surface area (Å²) >= 11 is 1.83. The lowest BCUT2D eigenvalue weighted by molar-refractivity contribution is 0.0695. The zero-order valence-electron chi connectivity index (χ0n) is 8.90. The van der Waals surface area contributed by atoms with Crippen LogP contribution in [0.4, 0.5) is 0 Å². The zero-order chi connectivity index (χ0) is 11.1. The van der Waals surface area contributed by atoms with Crippen molar-refractivity contribution in [2.24, 2.45) is 0 Å². The molecule has 0 aliphatic carbocycles. The monoisotopic (exact) mass is 224 g/mol. The molecular weight excluding hydrogens is 208 g/mol. The largest absolute Gasteiger partial charge is 0.478 e. The lowest BCUT2D eigenvalue weighted by Crippen LogP contribution is -2.02. The minimum Gasteiger partial charge on any atom is -0.478 e. The van der Waals surface area contributed by atoms with E-state index >= 15 is 0 Å². The maximum Gasteiger partial charge on any atom is 0.335 e. The second-order valence-electron chi connectivity index (χ2n) is 3.41. The number of hydrogen-bond donors (Lipinski definition) is 1. The molecule has 82 valence electrons. The number of aryl methyl sites for hydroxylation is 1. The van der Waals surface area contributed by atoms with Crippen molar-refractivity contribution in [3.8, 4) is 0 Å². The highest BCUT2D eigenvalue weighted by Gasteiger charge is 2.07. The third kappa shape index (κ3) is 3.96. The molecule has 0 saturated carbocycles. The van der Waals surface area contributed by atoms with E-state index in [9.17, 15) is 4.79 Å². The predicted octanol–water partition coefficient (Wildman–Crippen LogP) is 3.07. The molecule has 0 aliphatic heterocycles. The van der Waals surface area contributed by atoms with E-state index in [0.29, 0.717) is 5.56 Å². The Balaban J connectivity index is 2.56. The van der Waals surface area contributed by atoms with Gasteiger partial charge in [0.1, 0.15) is 0 Å². The molecule has 0 radical (unpaired) electrons. The molecule has 0 amide bonds. The van der Waals surface area contributed by atoms with Crippen LogP contribution in [0.25, 0.3) is 0 Å². The zero-order valence-corrected chi connectivity index (χ0v) is 9.72. The molecule has 0 spiro atoms. The molecule has 0 saturated heterocycles. The van der Waals surface area contributed by atoms with Gasteiger partial charge in [-0.25, -0.2) is 4.79 Å². The van der Waals surface area contributed by atoms with Gasteiger partial charge in [-0.15, -0.1) is 0 Å². The van der Waals surface area contributed by atoms with Crippen LogP contribution in [0.15, 0.2) is 24.3 Å². The van der Waals surface area contributed by atoms with Crippen LogP contribution >= 0.6 is 11.8 Å². The standard InChI is InChI=1S/C12H16O2S/c1-15-9-5-4-7-10-6-2-3-8-11(10)12(13)14/h2-3,6,8H,4-5,7,9H2,1H3,(H,13,14). The van der Waals surface area contributed by atoms with Crippen molar-refractivity contribution in [2.45, 2.75) is 19.3 Å². The van der Waals surface area contributed by atoms with E-state index in [1.807, 2.05) is 23.9 Å². The maximum absolute atomic E-state index is 10.9. The summed E-state index contributed by atoms with van der Waals surface area (Å²) in [4.78, 5) is 10.9. The van der Waals surface area contributed by atoms with Crippen LogP contribution in [0.1, 0.15) is 28.8 Å². The number of carboxylic acids is 1. The Morgan fingerprint density at radius 1 is 1.33 bits per heavy atom. The molecule has 0 unspecified atom stereocenters. The summed E-state index contributed by atoms with van der Waals surface area (Å²) < 4.78 is 0. The molecule has 0 heterocycles. The number of unbranched alkanes of at least 4 members (excludes halogenated alkanes) is 1. The van der Waals surface area contributed by atoms with Gasteiger partial charge in [0.25, 0.3) is 0 Å². The first-order valence-electron chi connectivity index (χ1n) is 5.06. The van der Waals surface area contributed by atoms with E-state index in [1.54, 1.807) is 12.1 Å². The van der Waals surface area contributed by atoms with Gasteiger partial charge in [0.05, 0.1) is 5.56 Å². The molecule has 0 aliphatic rings. The van der Waals surface area contributed by atoms with E-state index < -0.39 is 5.97 Å². The van der Waals surface area contributed by atoms with Gasteiger partial charge in [0.15, 0.2) is 0 Å². The van der Waals surface area contributed by atoms with Crippen molar-refractivity contribution >= 4 is 17.7 Å². The van der Waals surface area contributed by atoms with Gasteiger partial charge in [-0.3, -0.25) is 0 Å². The Kier molecular flexibility index (Phi) is 5.26. The molecule has 1 N–H and O–H groups in total. The molecule has 0 aromatic heterocycles. The Morgan fingerprint density at radius 2 is 2.07 bits per heavy atom. The summed E-state index contributed by atoms with van der Waals surface area (Å²) in [5.74, 6) is 0.324. The summed E-state index contributed by atoms with van der Waals surface area (Å²) in [6.07, 6.45) is 5.16. The van der Waals surface area contributed by atoms with Crippen molar-refractivity contribution in [1.29, 1.82) is 0 Å². The van der Waals surface area contributed by atoms with E-state index in [2.05, 4.69) is 6.26 Å². The van der Waals surface area contributed by atoms with E-state index in [1.165, 1.54) is 0 Å². The first-order valence-corrected chi connectivity index (χ1v) is 6.45. The Hall–Kier alpha value is -0.960. The Bertz CT molecular complexity index is 323. The first kappa shape index (κ1) is 12.1. The Morgan fingerprint density at radius 3 is 2.73 bits per heavy atom. The highest BCUT2D eigenvalue weighted by Crippen LogP contribution is 2.12. The molecule has 3 heteroatoms. The van der Waals surface area contributed by atoms with Gasteiger partial charge < -0.3 is 5.11 Å². The van der Waals surface area contributed by atoms with Gasteiger partial charge in [-0.1, -0.05) is 18.2 Å². The van der Waals surface area contributed by atoms with Gasteiger partial charge in [0.2, 0.25) is 0 Å². The smallest absolute Gasteiger partial charge is 0.335 e. The molecule has 15 heavy (non-hydrogen) atoms. The van der Waals surface area contributed by atoms with Crippen LogP contribution in [0.2, 0.25) is 0 Å². The minimum absolute atomic E-state index is 0.446. The number of rotatable bonds is 6. The van der Waals surface area contributed by atoms with Crippen LogP contribution in [-0.4, -0.2) is 23.1 Å². The second kappa shape index (κ2) is 6.51. The van der Waals surface area contributed by atoms with Gasteiger partial charge in [0, 0.05) is 0 Å². The van der Waals surface area contributed by atoms with Gasteiger partial charge in [-0.05, 0) is 42.9 Å². The number of thioether (sulfide) groups is 1. The van der Waals surface area contributed by atoms with Crippen molar-refractivity contribution in [1.82, 2.24) is 0 Å². The van der Waals surface area contributed by atoms with Gasteiger partial charge in [-0.2, -0.15) is 11.8 Å². The van der Waals surface area contributed by atoms with Crippen LogP contribution in [0.5, 0.6) is 0 Å². The van der Waals surface area contributed by atoms with Crippen LogP contribution in [0.3, 0.4) is 0 Å². The minimum atomic E-state index is -0.824. The van der Waals surface area contributed by atoms with Gasteiger partial charge >= 0.3 is 5.97 Å². The fraction of sp³-hybridized carbons (Fsp3) is 0.417. The summed E-state index contributed by atoms with van der Waals surface area (Å²) in [6.45, 7) is 0. The normalized spacial score (nSPS) is 10.2. The van der Waals surface area contributed by atoms with Crippen molar-refractivity contribution in [3.05, 3.63) is 35.4 Å². The van der Waals surface area contributed by atoms with E-state index in [4.69, 9.17) is 5.11 Å². The molecule has 0 atom stereocenters. The highest BCUT2D eigenvalue weighted by molar-refractivity contribution is 7.98. The molecule has 0 bridgehead atoms. The van der Waals surface area contributed by atoms with E-state index in [-0.39, 0.29) is 0 Å². The second-order valence-corrected chi connectivity index (χ2v) is 4.40. The topological polar surface area (TPSA) is 37.3 Å². The van der Waals surface area contributed by atoms with E-state index in [0.717, 1.165) is 30.6 Å². The third-order valence-electron chi connectivity index (χ3n) is 2.29. The molecule has 0 fully saturated rings. The summed E-state index contributed by atoms with van der Waals surface area (Å²) in [6, 6.07) is 7.25. The number of hydrogen-bond acceptors (Lipinski definition) is 2. The average Bonchev–Trinajstić information content (AvgIpc) is 2.25. The molecule has 1 aromatic rings. The molecule has 1 rings (SSSR count). The quantitative estimate of drug-likeness (QED) is 0.754. The number of aromatic carboxylic acids is 1. The lowest BCUT2D eigenvalue weighted by Gasteiger charge is -2.04. The third-order valence-corrected chi connectivity index (χ3v) is 2.99. The number of carbonyl (C=O) groups is 1. The number of carboxylic acid groups (broad SMARTS) is 1. The summed E-state index contributed by atoms with van der Waals surface area (Å²) in [7, 11) is 0. The average molecular weight is 224 g/mol. The highest BCUT2D eigenvalue weighted by atomic mass is 32.2. The lowest BCUT2D eigenvalue weighted by atomic mass is 10.0. The first-order chi connectivity index (χ1) is 7.25. The molecule has 1 aromatic carbocycles. The van der Waals surface area contributed by atoms with Crippen LogP contribution in [-0.2, 0) is 6.42 Å². The SMILES string of the molecule is CSCCCCc1ccccc1C(=O)O. The fourth-order valence-corrected chi connectivity index (χ4v) is 2.00. The Labute approximate surface area is 94.7 Å². The van der Waals surface area contributed by atoms with Crippen molar-refractivity contribution in [3.63, 3.8) is 0 Å². The number of benzene rings is 1. The van der Waals surface area contributed by atoms with Crippen molar-refractivity contribution < 1.29 is 9.90 Å². The maximum atomic E-state index is 10.9. The molecular formula is C12H16O2S. The van der Waals surface area contributed by atoms with Crippen LogP contribution in [0, 0.1) is 0 Å². The summed E-state index contributed by atoms with van der Waals surface area (Å²) in [5.41, 5.74) is 1.40. The molecule has 2 nitrogen and oxygen atoms in total.